The van der Waals surface area contributed by atoms with Gasteiger partial charge in [-0.05, 0) is 49.4 Å². The Hall–Kier alpha value is -1.94. The summed E-state index contributed by atoms with van der Waals surface area (Å²) in [6, 6.07) is 0. The van der Waals surface area contributed by atoms with Crippen LogP contribution in [0.4, 0.5) is 0 Å². The van der Waals surface area contributed by atoms with E-state index in [0.29, 0.717) is 37.5 Å². The molecule has 0 radical (unpaired) electrons. The van der Waals surface area contributed by atoms with E-state index in [2.05, 4.69) is 55.4 Å². The standard InChI is InChI=1S/C69H134O17P2/c1-9-61(7)47-39-31-23-17-15-13-11-12-14-16-18-24-33-41-49-66(71)79-55-64(85-68(73)51-43-35-26-20-22-30-38-46-60(5)6)57-83-87(75,76)81-53-63(70)54-82-88(77,78)84-58-65(86-69(74)52-44-36-28-27-32-40-48-62(8)10-2)56-80-67(72)50-42-34-25-19-21-29-37-45-59(3)4/h59-65,70H,9-58H2,1-8H3,(H,75,76)(H,77,78)/t61?,62?,63?,64-,65-/m1/s1. The summed E-state index contributed by atoms with van der Waals surface area (Å²) in [5.41, 5.74) is 0. The minimum Gasteiger partial charge on any atom is -0.462 e. The van der Waals surface area contributed by atoms with Crippen LogP contribution in [-0.2, 0) is 65.4 Å². The molecule has 0 saturated heterocycles. The topological polar surface area (TPSA) is 237 Å². The smallest absolute Gasteiger partial charge is 0.462 e. The van der Waals surface area contributed by atoms with Crippen molar-refractivity contribution < 1.29 is 80.2 Å². The number of unbranched alkanes of at least 4 members (excludes halogenated alkanes) is 30. The molecular weight excluding hydrogens is 1160 g/mol. The van der Waals surface area contributed by atoms with Gasteiger partial charge in [-0.1, -0.05) is 287 Å². The summed E-state index contributed by atoms with van der Waals surface area (Å²) in [6.07, 6.45) is 40.6. The zero-order valence-electron chi connectivity index (χ0n) is 57.3. The van der Waals surface area contributed by atoms with E-state index in [1.165, 1.54) is 135 Å². The lowest BCUT2D eigenvalue weighted by Gasteiger charge is -2.21. The van der Waals surface area contributed by atoms with Crippen LogP contribution >= 0.6 is 15.6 Å². The van der Waals surface area contributed by atoms with E-state index >= 15 is 0 Å². The number of aliphatic hydroxyl groups excluding tert-OH is 1. The molecule has 5 unspecified atom stereocenters. The molecule has 0 saturated carbocycles. The monoisotopic (exact) mass is 1300 g/mol. The van der Waals surface area contributed by atoms with Crippen LogP contribution in [0.5, 0.6) is 0 Å². The molecule has 17 nitrogen and oxygen atoms in total. The maximum Gasteiger partial charge on any atom is 0.472 e. The fourth-order valence-electron chi connectivity index (χ4n) is 10.2. The van der Waals surface area contributed by atoms with Gasteiger partial charge in [0.25, 0.3) is 0 Å². The van der Waals surface area contributed by atoms with Crippen molar-refractivity contribution in [2.24, 2.45) is 23.7 Å². The molecule has 0 aromatic rings. The predicted molar refractivity (Wildman–Crippen MR) is 354 cm³/mol. The number of rotatable bonds is 66. The lowest BCUT2D eigenvalue weighted by Crippen LogP contribution is -2.30. The molecule has 0 aromatic heterocycles. The maximum absolute atomic E-state index is 13.0. The fraction of sp³-hybridized carbons (Fsp3) is 0.942. The van der Waals surface area contributed by atoms with Crippen LogP contribution in [0, 0.1) is 23.7 Å². The molecule has 88 heavy (non-hydrogen) atoms. The number of carbonyl (C=O) groups is 4. The first-order valence-electron chi connectivity index (χ1n) is 35.8. The van der Waals surface area contributed by atoms with Gasteiger partial charge in [-0.15, -0.1) is 0 Å². The van der Waals surface area contributed by atoms with Crippen molar-refractivity contribution in [3.05, 3.63) is 0 Å². The van der Waals surface area contributed by atoms with Gasteiger partial charge in [-0.25, -0.2) is 9.13 Å². The zero-order valence-corrected chi connectivity index (χ0v) is 59.1. The third kappa shape index (κ3) is 60.3. The van der Waals surface area contributed by atoms with E-state index in [4.69, 9.17) is 37.0 Å². The average molecular weight is 1300 g/mol. The second kappa shape index (κ2) is 58.8. The average Bonchev–Trinajstić information content (AvgIpc) is 3.66. The predicted octanol–water partition coefficient (Wildman–Crippen LogP) is 19.3. The van der Waals surface area contributed by atoms with E-state index < -0.39 is 97.5 Å². The molecule has 0 amide bonds. The lowest BCUT2D eigenvalue weighted by atomic mass is 9.99. The van der Waals surface area contributed by atoms with E-state index in [-0.39, 0.29) is 25.7 Å². The van der Waals surface area contributed by atoms with E-state index in [0.717, 1.165) is 108 Å². The number of phosphoric acid groups is 2. The van der Waals surface area contributed by atoms with Crippen LogP contribution in [0.1, 0.15) is 338 Å². The number of aliphatic hydroxyl groups is 1. The third-order valence-corrected chi connectivity index (χ3v) is 18.4. The Bertz CT molecular complexity index is 1750. The highest BCUT2D eigenvalue weighted by Crippen LogP contribution is 2.45. The second-order valence-electron chi connectivity index (χ2n) is 26.4. The van der Waals surface area contributed by atoms with E-state index in [9.17, 15) is 43.2 Å². The Morgan fingerprint density at radius 2 is 0.545 bits per heavy atom. The molecule has 0 rings (SSSR count). The van der Waals surface area contributed by atoms with Crippen LogP contribution in [-0.4, -0.2) is 96.7 Å². The Morgan fingerprint density at radius 3 is 0.807 bits per heavy atom. The first-order chi connectivity index (χ1) is 42.2. The molecule has 0 aliphatic heterocycles. The second-order valence-corrected chi connectivity index (χ2v) is 29.3. The van der Waals surface area contributed by atoms with Gasteiger partial charge in [0.05, 0.1) is 26.4 Å². The SMILES string of the molecule is CCC(C)CCCCCCCCCCCCCCCCC(=O)OC[C@H](COP(=O)(O)OCC(O)COP(=O)(O)OC[C@@H](COC(=O)CCCCCCCCCC(C)C)OC(=O)CCCCCCCCC(C)CC)OC(=O)CCCCCCCCCC(C)C. The summed E-state index contributed by atoms with van der Waals surface area (Å²) in [4.78, 5) is 72.4. The molecule has 0 fully saturated rings. The maximum atomic E-state index is 13.0. The highest BCUT2D eigenvalue weighted by atomic mass is 31.2. The molecule has 522 valence electrons. The summed E-state index contributed by atoms with van der Waals surface area (Å²) < 4.78 is 68.1. The summed E-state index contributed by atoms with van der Waals surface area (Å²) in [5, 5.41) is 10.6. The molecule has 0 heterocycles. The number of ether oxygens (including phenoxy) is 4. The number of phosphoric ester groups is 2. The molecule has 0 bridgehead atoms. The van der Waals surface area contributed by atoms with Crippen molar-refractivity contribution in [3.63, 3.8) is 0 Å². The van der Waals surface area contributed by atoms with Crippen molar-refractivity contribution in [3.8, 4) is 0 Å². The van der Waals surface area contributed by atoms with Gasteiger partial charge in [0.2, 0.25) is 0 Å². The van der Waals surface area contributed by atoms with E-state index in [1.807, 2.05) is 0 Å². The summed E-state index contributed by atoms with van der Waals surface area (Å²) >= 11 is 0. The molecule has 3 N–H and O–H groups in total. The quantitative estimate of drug-likeness (QED) is 0.0222. The largest absolute Gasteiger partial charge is 0.472 e. The van der Waals surface area contributed by atoms with Crippen LogP contribution in [0.25, 0.3) is 0 Å². The first kappa shape index (κ1) is 86.1. The van der Waals surface area contributed by atoms with Gasteiger partial charge in [0.15, 0.2) is 12.2 Å². The van der Waals surface area contributed by atoms with Crippen molar-refractivity contribution in [1.29, 1.82) is 0 Å². The number of carbonyl (C=O) groups excluding carboxylic acids is 4. The number of esters is 4. The van der Waals surface area contributed by atoms with Gasteiger partial charge >= 0.3 is 39.5 Å². The summed E-state index contributed by atoms with van der Waals surface area (Å²) in [6.45, 7) is 14.0. The lowest BCUT2D eigenvalue weighted by molar-refractivity contribution is -0.161. The van der Waals surface area contributed by atoms with Gasteiger partial charge in [0.1, 0.15) is 19.3 Å². The zero-order chi connectivity index (χ0) is 65.4. The molecule has 0 aliphatic rings. The Labute approximate surface area is 537 Å². The van der Waals surface area contributed by atoms with Gasteiger partial charge in [0, 0.05) is 25.7 Å². The third-order valence-electron chi connectivity index (χ3n) is 16.5. The molecule has 0 aromatic carbocycles. The van der Waals surface area contributed by atoms with Crippen LogP contribution in [0.2, 0.25) is 0 Å². The Balaban J connectivity index is 5.19. The molecule has 19 heteroatoms. The van der Waals surface area contributed by atoms with Gasteiger partial charge in [-0.3, -0.25) is 37.3 Å². The van der Waals surface area contributed by atoms with Crippen LogP contribution < -0.4 is 0 Å². The van der Waals surface area contributed by atoms with Crippen molar-refractivity contribution in [2.45, 2.75) is 356 Å². The number of hydrogen-bond donors (Lipinski definition) is 3. The molecule has 7 atom stereocenters. The molecule has 0 aliphatic carbocycles. The van der Waals surface area contributed by atoms with Crippen molar-refractivity contribution >= 4 is 39.5 Å². The number of hydrogen-bond acceptors (Lipinski definition) is 15. The minimum atomic E-state index is -4.95. The Kier molecular flexibility index (Phi) is 57.6. The van der Waals surface area contributed by atoms with Crippen molar-refractivity contribution in [2.75, 3.05) is 39.6 Å². The van der Waals surface area contributed by atoms with Gasteiger partial charge in [-0.2, -0.15) is 0 Å². The fourth-order valence-corrected chi connectivity index (χ4v) is 11.8. The Morgan fingerprint density at radius 1 is 0.318 bits per heavy atom. The normalized spacial score (nSPS) is 14.9. The van der Waals surface area contributed by atoms with Crippen molar-refractivity contribution in [1.82, 2.24) is 0 Å². The van der Waals surface area contributed by atoms with Gasteiger partial charge < -0.3 is 33.8 Å². The molecule has 0 spiro atoms. The van der Waals surface area contributed by atoms with Crippen LogP contribution in [0.3, 0.4) is 0 Å². The highest BCUT2D eigenvalue weighted by molar-refractivity contribution is 7.47. The summed E-state index contributed by atoms with van der Waals surface area (Å²) in [5.74, 6) is 0.834. The van der Waals surface area contributed by atoms with Crippen LogP contribution in [0.15, 0.2) is 0 Å². The van der Waals surface area contributed by atoms with E-state index in [1.54, 1.807) is 0 Å². The molecular formula is C69H134O17P2. The minimum absolute atomic E-state index is 0.102. The highest BCUT2D eigenvalue weighted by Gasteiger charge is 2.30. The first-order valence-corrected chi connectivity index (χ1v) is 38.8. The summed E-state index contributed by atoms with van der Waals surface area (Å²) in [7, 11) is -9.90.